The van der Waals surface area contributed by atoms with E-state index in [0.717, 1.165) is 36.2 Å². The number of hydrogen-bond acceptors (Lipinski definition) is 6. The molecule has 0 atom stereocenters. The fourth-order valence-electron chi connectivity index (χ4n) is 2.82. The number of aromatic nitrogens is 4. The highest BCUT2D eigenvalue weighted by Crippen LogP contribution is 2.38. The number of rotatable bonds is 4. The summed E-state index contributed by atoms with van der Waals surface area (Å²) < 4.78 is 0. The van der Waals surface area contributed by atoms with E-state index in [1.165, 1.54) is 12.8 Å². The monoisotopic (exact) mass is 296 g/mol. The minimum atomic E-state index is 0.458. The third kappa shape index (κ3) is 2.49. The van der Waals surface area contributed by atoms with Crippen LogP contribution in [0.1, 0.15) is 30.3 Å². The van der Waals surface area contributed by atoms with Gasteiger partial charge >= 0.3 is 0 Å². The average Bonchev–Trinajstić information content (AvgIpc) is 3.31. The van der Waals surface area contributed by atoms with Gasteiger partial charge in [0, 0.05) is 32.3 Å². The highest BCUT2D eigenvalue weighted by Gasteiger charge is 2.32. The predicted octanol–water partition coefficient (Wildman–Crippen LogP) is 1.78. The van der Waals surface area contributed by atoms with Crippen molar-refractivity contribution in [3.63, 3.8) is 0 Å². The number of aryl methyl sites for hydroxylation is 1. The molecule has 1 aliphatic heterocycles. The smallest absolute Gasteiger partial charge is 0.151 e. The maximum absolute atomic E-state index is 4.48. The molecule has 6 nitrogen and oxygen atoms in total. The summed E-state index contributed by atoms with van der Waals surface area (Å²) in [5.41, 5.74) is 1.15. The van der Waals surface area contributed by atoms with E-state index >= 15 is 0 Å². The SMILES string of the molecule is Cc1nccc(N(C)C2CN(c3ccc(C4CC4)nn3)C2)n1. The first-order chi connectivity index (χ1) is 10.7. The van der Waals surface area contributed by atoms with Crippen LogP contribution in [0.4, 0.5) is 11.6 Å². The van der Waals surface area contributed by atoms with E-state index in [1.807, 2.05) is 19.2 Å². The lowest BCUT2D eigenvalue weighted by Gasteiger charge is -2.44. The van der Waals surface area contributed by atoms with Gasteiger partial charge in [0.2, 0.25) is 0 Å². The Morgan fingerprint density at radius 2 is 1.95 bits per heavy atom. The first-order valence-electron chi connectivity index (χ1n) is 7.82. The average molecular weight is 296 g/mol. The van der Waals surface area contributed by atoms with E-state index < -0.39 is 0 Å². The van der Waals surface area contributed by atoms with Crippen LogP contribution in [0.15, 0.2) is 24.4 Å². The zero-order chi connectivity index (χ0) is 15.1. The maximum Gasteiger partial charge on any atom is 0.151 e. The molecule has 1 aliphatic carbocycles. The zero-order valence-corrected chi connectivity index (χ0v) is 13.0. The minimum Gasteiger partial charge on any atom is -0.353 e. The summed E-state index contributed by atoms with van der Waals surface area (Å²) in [5, 5.41) is 8.73. The van der Waals surface area contributed by atoms with Crippen molar-refractivity contribution in [1.29, 1.82) is 0 Å². The third-order valence-corrected chi connectivity index (χ3v) is 4.52. The Morgan fingerprint density at radius 3 is 2.59 bits per heavy atom. The zero-order valence-electron chi connectivity index (χ0n) is 13.0. The Hall–Kier alpha value is -2.24. The molecule has 114 valence electrons. The fraction of sp³-hybridized carbons (Fsp3) is 0.500. The van der Waals surface area contributed by atoms with Crippen molar-refractivity contribution in [1.82, 2.24) is 20.2 Å². The molecule has 1 saturated heterocycles. The first-order valence-corrected chi connectivity index (χ1v) is 7.82. The molecule has 6 heteroatoms. The van der Waals surface area contributed by atoms with Gasteiger partial charge in [0.05, 0.1) is 11.7 Å². The summed E-state index contributed by atoms with van der Waals surface area (Å²) in [6, 6.07) is 6.65. The molecule has 0 N–H and O–H groups in total. The molecular formula is C16H20N6. The number of anilines is 2. The molecular weight excluding hydrogens is 276 g/mol. The lowest BCUT2D eigenvalue weighted by Crippen LogP contribution is -2.59. The molecule has 0 bridgehead atoms. The molecule has 2 fully saturated rings. The standard InChI is InChI=1S/C16H20N6/c1-11-17-8-7-15(18-11)21(2)13-9-22(10-13)16-6-5-14(19-20-16)12-3-4-12/h5-8,12-13H,3-4,9-10H2,1-2H3. The normalized spacial score (nSPS) is 18.2. The van der Waals surface area contributed by atoms with Gasteiger partial charge in [-0.05, 0) is 38.0 Å². The number of nitrogens with zero attached hydrogens (tertiary/aromatic N) is 6. The van der Waals surface area contributed by atoms with Crippen molar-refractivity contribution in [3.05, 3.63) is 35.9 Å². The van der Waals surface area contributed by atoms with E-state index in [9.17, 15) is 0 Å². The largest absolute Gasteiger partial charge is 0.353 e. The Kier molecular flexibility index (Phi) is 3.17. The molecule has 3 heterocycles. The molecule has 0 radical (unpaired) electrons. The van der Waals surface area contributed by atoms with Crippen molar-refractivity contribution in [3.8, 4) is 0 Å². The lowest BCUT2D eigenvalue weighted by molar-refractivity contribution is 0.487. The van der Waals surface area contributed by atoms with E-state index in [-0.39, 0.29) is 0 Å². The van der Waals surface area contributed by atoms with Crippen LogP contribution in [0.5, 0.6) is 0 Å². The van der Waals surface area contributed by atoms with Crippen molar-refractivity contribution in [2.45, 2.75) is 31.7 Å². The van der Waals surface area contributed by atoms with Crippen LogP contribution < -0.4 is 9.80 Å². The minimum absolute atomic E-state index is 0.458. The van der Waals surface area contributed by atoms with Gasteiger partial charge in [-0.15, -0.1) is 5.10 Å². The maximum atomic E-state index is 4.48. The Labute approximate surface area is 130 Å². The molecule has 0 amide bonds. The van der Waals surface area contributed by atoms with Crippen LogP contribution >= 0.6 is 0 Å². The van der Waals surface area contributed by atoms with Crippen LogP contribution in [0, 0.1) is 6.92 Å². The summed E-state index contributed by atoms with van der Waals surface area (Å²) >= 11 is 0. The van der Waals surface area contributed by atoms with E-state index in [4.69, 9.17) is 0 Å². The first kappa shape index (κ1) is 13.4. The fourth-order valence-corrected chi connectivity index (χ4v) is 2.82. The molecule has 2 aromatic rings. The highest BCUT2D eigenvalue weighted by atomic mass is 15.4. The van der Waals surface area contributed by atoms with Crippen molar-refractivity contribution in [2.24, 2.45) is 0 Å². The van der Waals surface area contributed by atoms with Crippen LogP contribution in [-0.2, 0) is 0 Å². The van der Waals surface area contributed by atoms with Gasteiger partial charge in [-0.1, -0.05) is 0 Å². The Morgan fingerprint density at radius 1 is 1.14 bits per heavy atom. The second-order valence-electron chi connectivity index (χ2n) is 6.22. The van der Waals surface area contributed by atoms with Crippen LogP contribution in [0.3, 0.4) is 0 Å². The molecule has 2 aliphatic rings. The van der Waals surface area contributed by atoms with Crippen molar-refractivity contribution >= 4 is 11.6 Å². The molecule has 0 spiro atoms. The van der Waals surface area contributed by atoms with Crippen molar-refractivity contribution in [2.75, 3.05) is 29.9 Å². The summed E-state index contributed by atoms with van der Waals surface area (Å²) in [4.78, 5) is 13.1. The number of hydrogen-bond donors (Lipinski definition) is 0. The van der Waals surface area contributed by atoms with Gasteiger partial charge in [-0.25, -0.2) is 9.97 Å². The third-order valence-electron chi connectivity index (χ3n) is 4.52. The Bertz CT molecular complexity index is 661. The summed E-state index contributed by atoms with van der Waals surface area (Å²) in [7, 11) is 2.09. The number of likely N-dealkylation sites (N-methyl/N-ethyl adjacent to an activating group) is 1. The van der Waals surface area contributed by atoms with E-state index in [1.54, 1.807) is 0 Å². The van der Waals surface area contributed by atoms with Crippen LogP contribution in [-0.4, -0.2) is 46.3 Å². The van der Waals surface area contributed by atoms with Gasteiger partial charge in [-0.2, -0.15) is 5.10 Å². The van der Waals surface area contributed by atoms with Gasteiger partial charge in [-0.3, -0.25) is 0 Å². The second-order valence-corrected chi connectivity index (χ2v) is 6.22. The second kappa shape index (κ2) is 5.19. The predicted molar refractivity (Wildman–Crippen MR) is 85.2 cm³/mol. The van der Waals surface area contributed by atoms with E-state index in [0.29, 0.717) is 12.0 Å². The van der Waals surface area contributed by atoms with Crippen molar-refractivity contribution < 1.29 is 0 Å². The summed E-state index contributed by atoms with van der Waals surface area (Å²) in [5.74, 6) is 3.43. The summed E-state index contributed by atoms with van der Waals surface area (Å²) in [6.07, 6.45) is 4.35. The molecule has 22 heavy (non-hydrogen) atoms. The summed E-state index contributed by atoms with van der Waals surface area (Å²) in [6.45, 7) is 3.83. The van der Waals surface area contributed by atoms with Crippen LogP contribution in [0.25, 0.3) is 0 Å². The van der Waals surface area contributed by atoms with E-state index in [2.05, 4.69) is 49.1 Å². The molecule has 4 rings (SSSR count). The Balaban J connectivity index is 1.38. The molecule has 2 aromatic heterocycles. The molecule has 0 unspecified atom stereocenters. The van der Waals surface area contributed by atoms with Gasteiger partial charge in [0.1, 0.15) is 11.6 Å². The topological polar surface area (TPSA) is 58.0 Å². The molecule has 1 saturated carbocycles. The van der Waals surface area contributed by atoms with Gasteiger partial charge in [0.15, 0.2) is 5.82 Å². The highest BCUT2D eigenvalue weighted by molar-refractivity contribution is 5.47. The quantitative estimate of drug-likeness (QED) is 0.857. The van der Waals surface area contributed by atoms with Crippen LogP contribution in [0.2, 0.25) is 0 Å². The van der Waals surface area contributed by atoms with Gasteiger partial charge < -0.3 is 9.80 Å². The van der Waals surface area contributed by atoms with Gasteiger partial charge in [0.25, 0.3) is 0 Å². The lowest BCUT2D eigenvalue weighted by atomic mass is 10.1. The molecule has 0 aromatic carbocycles.